The number of benzene rings is 1. The lowest BCUT2D eigenvalue weighted by Crippen LogP contribution is -2.25. The largest absolute Gasteiger partial charge is 0.586 e. The molecule has 3 rings (SSSR count). The van der Waals surface area contributed by atoms with Crippen LogP contribution in [-0.4, -0.2) is 22.4 Å². The number of aromatic nitrogens is 1. The molecule has 0 saturated carbocycles. The second kappa shape index (κ2) is 4.08. The van der Waals surface area contributed by atoms with Gasteiger partial charge in [-0.25, -0.2) is 4.79 Å². The predicted molar refractivity (Wildman–Crippen MR) is 59.4 cm³/mol. The molecule has 7 nitrogen and oxygen atoms in total. The molecule has 2 aromatic rings. The second-order valence-corrected chi connectivity index (χ2v) is 3.80. The summed E-state index contributed by atoms with van der Waals surface area (Å²) in [5.74, 6) is -1.49. The molecule has 0 unspecified atom stereocenters. The van der Waals surface area contributed by atoms with Gasteiger partial charge >= 0.3 is 12.3 Å². The van der Waals surface area contributed by atoms with Crippen molar-refractivity contribution in [2.75, 3.05) is 5.32 Å². The van der Waals surface area contributed by atoms with E-state index in [1.165, 1.54) is 18.2 Å². The summed E-state index contributed by atoms with van der Waals surface area (Å²) in [5, 5.41) is 11.3. The third-order valence-corrected chi connectivity index (χ3v) is 2.38. The molecule has 0 amide bonds. The van der Waals surface area contributed by atoms with Crippen LogP contribution in [0.4, 0.5) is 20.5 Å². The van der Waals surface area contributed by atoms with Gasteiger partial charge in [0.15, 0.2) is 17.2 Å². The van der Waals surface area contributed by atoms with E-state index in [2.05, 4.69) is 19.8 Å². The van der Waals surface area contributed by atoms with E-state index in [9.17, 15) is 13.6 Å². The van der Waals surface area contributed by atoms with Gasteiger partial charge in [-0.2, -0.15) is 4.98 Å². The highest BCUT2D eigenvalue weighted by atomic mass is 19.3. The summed E-state index contributed by atoms with van der Waals surface area (Å²) in [5.41, 5.74) is 0.0450. The van der Waals surface area contributed by atoms with Gasteiger partial charge in [-0.1, -0.05) is 0 Å². The summed E-state index contributed by atoms with van der Waals surface area (Å²) in [6.07, 6.45) is -2.74. The van der Waals surface area contributed by atoms with Gasteiger partial charge in [0.1, 0.15) is 6.26 Å². The minimum atomic E-state index is -3.69. The number of aromatic carboxylic acids is 1. The molecular formula is C11H6F2N2O5. The summed E-state index contributed by atoms with van der Waals surface area (Å²) >= 11 is 0. The summed E-state index contributed by atoms with van der Waals surface area (Å²) in [7, 11) is 0. The number of rotatable bonds is 3. The van der Waals surface area contributed by atoms with Crippen LogP contribution < -0.4 is 14.8 Å². The average Bonchev–Trinajstić information content (AvgIpc) is 2.91. The van der Waals surface area contributed by atoms with Crippen molar-refractivity contribution in [3.8, 4) is 11.5 Å². The number of fused-ring (bicyclic) bond motifs is 1. The molecule has 1 aliphatic rings. The normalized spacial score (nSPS) is 15.1. The standard InChI is InChI=1S/C11H6F2N2O5/c12-11(13)19-7-2-1-5(3-8(7)20-11)14-10-15-6(4-18-10)9(16)17/h1-4H,(H,14,15)(H,16,17). The zero-order chi connectivity index (χ0) is 14.3. The molecule has 1 aliphatic heterocycles. The fraction of sp³-hybridized carbons (Fsp3) is 0.0909. The Balaban J connectivity index is 1.81. The van der Waals surface area contributed by atoms with E-state index >= 15 is 0 Å². The first-order valence-electron chi connectivity index (χ1n) is 5.29. The maximum Gasteiger partial charge on any atom is 0.586 e. The number of ether oxygens (including phenoxy) is 2. The molecule has 1 aromatic carbocycles. The van der Waals surface area contributed by atoms with E-state index in [4.69, 9.17) is 9.52 Å². The quantitative estimate of drug-likeness (QED) is 0.893. The molecule has 20 heavy (non-hydrogen) atoms. The zero-order valence-electron chi connectivity index (χ0n) is 9.59. The van der Waals surface area contributed by atoms with Crippen LogP contribution in [0.3, 0.4) is 0 Å². The van der Waals surface area contributed by atoms with Crippen LogP contribution >= 0.6 is 0 Å². The van der Waals surface area contributed by atoms with Gasteiger partial charge in [0.2, 0.25) is 0 Å². The number of oxazole rings is 1. The average molecular weight is 284 g/mol. The van der Waals surface area contributed by atoms with E-state index in [1.807, 2.05) is 0 Å². The lowest BCUT2D eigenvalue weighted by molar-refractivity contribution is -0.286. The number of alkyl halides is 2. The topological polar surface area (TPSA) is 93.8 Å². The molecule has 0 bridgehead atoms. The summed E-state index contributed by atoms with van der Waals surface area (Å²) in [4.78, 5) is 14.3. The summed E-state index contributed by atoms with van der Waals surface area (Å²) in [6, 6.07) is 3.86. The molecule has 0 fully saturated rings. The SMILES string of the molecule is O=C(O)c1coc(Nc2ccc3c(c2)OC(F)(F)O3)n1. The number of hydrogen-bond donors (Lipinski definition) is 2. The highest BCUT2D eigenvalue weighted by Crippen LogP contribution is 2.42. The molecule has 2 heterocycles. The van der Waals surface area contributed by atoms with Gasteiger partial charge in [0.25, 0.3) is 6.01 Å². The Morgan fingerprint density at radius 2 is 2.05 bits per heavy atom. The molecule has 0 atom stereocenters. The zero-order valence-corrected chi connectivity index (χ0v) is 9.59. The van der Waals surface area contributed by atoms with Crippen molar-refractivity contribution in [1.29, 1.82) is 0 Å². The van der Waals surface area contributed by atoms with Gasteiger partial charge in [0, 0.05) is 11.8 Å². The maximum absolute atomic E-state index is 12.8. The first-order chi connectivity index (χ1) is 9.43. The number of anilines is 2. The monoisotopic (exact) mass is 284 g/mol. The Hall–Kier alpha value is -2.84. The molecule has 1 aromatic heterocycles. The fourth-order valence-electron chi connectivity index (χ4n) is 1.58. The van der Waals surface area contributed by atoms with Crippen molar-refractivity contribution < 1.29 is 32.6 Å². The van der Waals surface area contributed by atoms with Crippen LogP contribution in [-0.2, 0) is 0 Å². The Labute approximate surface area is 109 Å². The molecule has 9 heteroatoms. The van der Waals surface area contributed by atoms with Crippen molar-refractivity contribution in [3.63, 3.8) is 0 Å². The van der Waals surface area contributed by atoms with E-state index < -0.39 is 12.3 Å². The van der Waals surface area contributed by atoms with Crippen molar-refractivity contribution in [2.24, 2.45) is 0 Å². The molecule has 0 aliphatic carbocycles. The Kier molecular flexibility index (Phi) is 2.49. The van der Waals surface area contributed by atoms with Crippen molar-refractivity contribution in [2.45, 2.75) is 6.29 Å². The number of hydrogen-bond acceptors (Lipinski definition) is 6. The third kappa shape index (κ3) is 2.20. The summed E-state index contributed by atoms with van der Waals surface area (Å²) in [6.45, 7) is 0. The molecule has 0 radical (unpaired) electrons. The van der Waals surface area contributed by atoms with Crippen LogP contribution in [0, 0.1) is 0 Å². The fourth-order valence-corrected chi connectivity index (χ4v) is 1.58. The van der Waals surface area contributed by atoms with Gasteiger partial charge in [-0.05, 0) is 12.1 Å². The first kappa shape index (κ1) is 12.2. The van der Waals surface area contributed by atoms with Crippen LogP contribution in [0.2, 0.25) is 0 Å². The lowest BCUT2D eigenvalue weighted by atomic mass is 10.3. The van der Waals surface area contributed by atoms with Gasteiger partial charge in [0.05, 0.1) is 0 Å². The van der Waals surface area contributed by atoms with Crippen LogP contribution in [0.5, 0.6) is 11.5 Å². The van der Waals surface area contributed by atoms with E-state index in [0.717, 1.165) is 6.26 Å². The van der Waals surface area contributed by atoms with Crippen LogP contribution in [0.15, 0.2) is 28.9 Å². The molecule has 104 valence electrons. The number of carboxylic acid groups (broad SMARTS) is 1. The van der Waals surface area contributed by atoms with E-state index in [1.54, 1.807) is 0 Å². The second-order valence-electron chi connectivity index (χ2n) is 3.80. The van der Waals surface area contributed by atoms with Crippen molar-refractivity contribution in [1.82, 2.24) is 4.98 Å². The van der Waals surface area contributed by atoms with Gasteiger partial charge in [-0.15, -0.1) is 8.78 Å². The maximum atomic E-state index is 12.8. The number of nitrogens with zero attached hydrogens (tertiary/aromatic N) is 1. The summed E-state index contributed by atoms with van der Waals surface area (Å²) < 4.78 is 39.0. The highest BCUT2D eigenvalue weighted by Gasteiger charge is 2.43. The smallest absolute Gasteiger partial charge is 0.476 e. The Morgan fingerprint density at radius 3 is 2.75 bits per heavy atom. The first-order valence-corrected chi connectivity index (χ1v) is 5.29. The lowest BCUT2D eigenvalue weighted by Gasteiger charge is -2.04. The Morgan fingerprint density at radius 1 is 1.30 bits per heavy atom. The molecule has 0 saturated heterocycles. The molecule has 0 spiro atoms. The van der Waals surface area contributed by atoms with Gasteiger partial charge < -0.3 is 24.3 Å². The van der Waals surface area contributed by atoms with Crippen molar-refractivity contribution >= 4 is 17.7 Å². The van der Waals surface area contributed by atoms with Crippen molar-refractivity contribution in [3.05, 3.63) is 30.2 Å². The van der Waals surface area contributed by atoms with Gasteiger partial charge in [-0.3, -0.25) is 0 Å². The molecule has 2 N–H and O–H groups in total. The van der Waals surface area contributed by atoms with E-state index in [-0.39, 0.29) is 23.2 Å². The van der Waals surface area contributed by atoms with E-state index in [0.29, 0.717) is 5.69 Å². The van der Waals surface area contributed by atoms with Crippen LogP contribution in [0.1, 0.15) is 10.5 Å². The highest BCUT2D eigenvalue weighted by molar-refractivity contribution is 5.85. The number of halogens is 2. The van der Waals surface area contributed by atoms with Crippen LogP contribution in [0.25, 0.3) is 0 Å². The number of carboxylic acids is 1. The third-order valence-electron chi connectivity index (χ3n) is 2.38. The minimum Gasteiger partial charge on any atom is -0.476 e. The number of nitrogens with one attached hydrogen (secondary N) is 1. The number of carbonyl (C=O) groups is 1. The Bertz CT molecular complexity index is 685. The minimum absolute atomic E-state index is 0.0898. The molecular weight excluding hydrogens is 278 g/mol. The predicted octanol–water partition coefficient (Wildman–Crippen LogP) is 2.44.